The molecule has 0 bridgehead atoms. The molecule has 0 saturated heterocycles. The van der Waals surface area contributed by atoms with Crippen LogP contribution in [-0.4, -0.2) is 19.9 Å². The molecule has 7 heteroatoms. The van der Waals surface area contributed by atoms with E-state index in [1.807, 2.05) is 47.3 Å². The van der Waals surface area contributed by atoms with Gasteiger partial charge < -0.3 is 4.57 Å². The highest BCUT2D eigenvalue weighted by molar-refractivity contribution is 7.99. The molecule has 0 aliphatic rings. The average Bonchev–Trinajstić information content (AvgIpc) is 3.08. The van der Waals surface area contributed by atoms with Crippen LogP contribution in [0.3, 0.4) is 0 Å². The van der Waals surface area contributed by atoms with Gasteiger partial charge in [-0.25, -0.2) is 4.98 Å². The molecular weight excluding hydrogens is 338 g/mol. The first kappa shape index (κ1) is 15.4. The molecule has 114 valence electrons. The van der Waals surface area contributed by atoms with E-state index in [-0.39, 0.29) is 4.87 Å². The van der Waals surface area contributed by atoms with E-state index < -0.39 is 0 Å². The lowest BCUT2D eigenvalue weighted by Gasteiger charge is -2.08. The van der Waals surface area contributed by atoms with Crippen molar-refractivity contribution in [2.75, 3.05) is 5.75 Å². The van der Waals surface area contributed by atoms with Crippen molar-refractivity contribution in [1.29, 1.82) is 0 Å². The van der Waals surface area contributed by atoms with Gasteiger partial charge in [0.15, 0.2) is 5.16 Å². The Kier molecular flexibility index (Phi) is 4.71. The second-order valence-corrected chi connectivity index (χ2v) is 7.02. The molecule has 0 radical (unpaired) electrons. The van der Waals surface area contributed by atoms with E-state index >= 15 is 0 Å². The highest BCUT2D eigenvalue weighted by Gasteiger charge is 2.08. The first-order valence-corrected chi connectivity index (χ1v) is 8.96. The molecule has 2 aromatic heterocycles. The number of aryl methyl sites for hydroxylation is 1. The first-order valence-electron chi connectivity index (χ1n) is 6.72. The Morgan fingerprint density at radius 2 is 2.27 bits per heavy atom. The minimum absolute atomic E-state index is 0.0938. The summed E-state index contributed by atoms with van der Waals surface area (Å²) in [6.07, 6.45) is 3.68. The molecule has 0 aliphatic carbocycles. The summed E-state index contributed by atoms with van der Waals surface area (Å²) in [4.78, 5) is 16.2. The summed E-state index contributed by atoms with van der Waals surface area (Å²) >= 11 is 8.91. The van der Waals surface area contributed by atoms with Gasteiger partial charge in [0.05, 0.1) is 0 Å². The second kappa shape index (κ2) is 6.73. The van der Waals surface area contributed by atoms with Crippen molar-refractivity contribution in [1.82, 2.24) is 14.1 Å². The number of imidazole rings is 1. The maximum atomic E-state index is 11.7. The molecule has 0 fully saturated rings. The maximum absolute atomic E-state index is 11.7. The Labute approximate surface area is 141 Å². The predicted molar refractivity (Wildman–Crippen MR) is 92.6 cm³/mol. The van der Waals surface area contributed by atoms with Crippen molar-refractivity contribution in [3.05, 3.63) is 62.4 Å². The minimum atomic E-state index is 0.0938. The molecule has 0 atom stereocenters. The first-order chi connectivity index (χ1) is 10.6. The van der Waals surface area contributed by atoms with Gasteiger partial charge in [-0.15, -0.1) is 0 Å². The molecule has 2 heterocycles. The Morgan fingerprint density at radius 3 is 3.00 bits per heavy atom. The summed E-state index contributed by atoms with van der Waals surface area (Å²) < 4.78 is 3.80. The molecule has 3 rings (SSSR count). The third-order valence-corrected chi connectivity index (χ3v) is 5.28. The number of aromatic nitrogens is 3. The van der Waals surface area contributed by atoms with E-state index in [0.717, 1.165) is 22.3 Å². The smallest absolute Gasteiger partial charge is 0.303 e. The molecule has 0 saturated carbocycles. The van der Waals surface area contributed by atoms with E-state index in [4.69, 9.17) is 11.6 Å². The summed E-state index contributed by atoms with van der Waals surface area (Å²) in [6.45, 7) is 2.64. The predicted octanol–water partition coefficient (Wildman–Crippen LogP) is 3.85. The molecule has 22 heavy (non-hydrogen) atoms. The van der Waals surface area contributed by atoms with Gasteiger partial charge in [0.25, 0.3) is 0 Å². The zero-order valence-corrected chi connectivity index (χ0v) is 14.3. The summed E-state index contributed by atoms with van der Waals surface area (Å²) in [7, 11) is 0. The molecule has 0 aliphatic heterocycles. The van der Waals surface area contributed by atoms with Crippen molar-refractivity contribution in [2.24, 2.45) is 0 Å². The van der Waals surface area contributed by atoms with Crippen LogP contribution in [0.5, 0.6) is 0 Å². The number of rotatable bonds is 5. The van der Waals surface area contributed by atoms with Crippen molar-refractivity contribution >= 4 is 34.7 Å². The van der Waals surface area contributed by atoms with Gasteiger partial charge in [-0.2, -0.15) is 0 Å². The highest BCUT2D eigenvalue weighted by atomic mass is 35.5. The topological polar surface area (TPSA) is 39.8 Å². The van der Waals surface area contributed by atoms with Gasteiger partial charge in [-0.3, -0.25) is 9.36 Å². The van der Waals surface area contributed by atoms with Crippen LogP contribution in [0.4, 0.5) is 0 Å². The van der Waals surface area contributed by atoms with Crippen LogP contribution < -0.4 is 4.87 Å². The molecule has 0 N–H and O–H groups in total. The standard InChI is InChI=1S/C15H14ClN3OS2/c1-11-10-22-15(20)18(11)7-8-21-14-17-5-6-19(14)13-4-2-3-12(16)9-13/h2-6,9-10H,7-8H2,1H3. The number of hydrogen-bond acceptors (Lipinski definition) is 4. The number of benzene rings is 1. The molecule has 4 nitrogen and oxygen atoms in total. The van der Waals surface area contributed by atoms with Gasteiger partial charge >= 0.3 is 4.87 Å². The van der Waals surface area contributed by atoms with Crippen molar-refractivity contribution in [3.63, 3.8) is 0 Å². The van der Waals surface area contributed by atoms with Gasteiger partial charge in [0.2, 0.25) is 0 Å². The molecule has 1 aromatic carbocycles. The Bertz CT molecular complexity index is 837. The second-order valence-electron chi connectivity index (χ2n) is 4.70. The fraction of sp³-hybridized carbons (Fsp3) is 0.200. The summed E-state index contributed by atoms with van der Waals surface area (Å²) in [6, 6.07) is 7.66. The van der Waals surface area contributed by atoms with Crippen LogP contribution in [0.25, 0.3) is 5.69 Å². The Balaban J connectivity index is 1.72. The lowest BCUT2D eigenvalue weighted by atomic mass is 10.3. The zero-order chi connectivity index (χ0) is 15.5. The number of thiazole rings is 1. The van der Waals surface area contributed by atoms with Crippen molar-refractivity contribution in [3.8, 4) is 5.69 Å². The summed E-state index contributed by atoms with van der Waals surface area (Å²) in [5, 5.41) is 3.48. The Hall–Kier alpha value is -1.50. The molecule has 0 spiro atoms. The van der Waals surface area contributed by atoms with Gasteiger partial charge in [0, 0.05) is 46.5 Å². The quantitative estimate of drug-likeness (QED) is 0.655. The zero-order valence-electron chi connectivity index (χ0n) is 11.9. The number of hydrogen-bond donors (Lipinski definition) is 0. The highest BCUT2D eigenvalue weighted by Crippen LogP contribution is 2.22. The van der Waals surface area contributed by atoms with Crippen molar-refractivity contribution in [2.45, 2.75) is 18.6 Å². The lowest BCUT2D eigenvalue weighted by Crippen LogP contribution is -2.16. The molecule has 0 amide bonds. The van der Waals surface area contributed by atoms with Gasteiger partial charge in [0.1, 0.15) is 0 Å². The van der Waals surface area contributed by atoms with Crippen LogP contribution in [0.15, 0.2) is 52.0 Å². The number of nitrogens with zero attached hydrogens (tertiary/aromatic N) is 3. The third-order valence-electron chi connectivity index (χ3n) is 3.22. The van der Waals surface area contributed by atoms with Crippen LogP contribution in [0, 0.1) is 6.92 Å². The molecular formula is C15H14ClN3OS2. The fourth-order valence-corrected chi connectivity index (χ4v) is 3.96. The van der Waals surface area contributed by atoms with Gasteiger partial charge in [-0.05, 0) is 25.1 Å². The van der Waals surface area contributed by atoms with E-state index in [2.05, 4.69) is 4.98 Å². The normalized spacial score (nSPS) is 11.0. The fourth-order valence-electron chi connectivity index (χ4n) is 2.12. The number of thioether (sulfide) groups is 1. The molecule has 3 aromatic rings. The van der Waals surface area contributed by atoms with Gasteiger partial charge in [-0.1, -0.05) is 40.8 Å². The maximum Gasteiger partial charge on any atom is 0.307 e. The monoisotopic (exact) mass is 351 g/mol. The largest absolute Gasteiger partial charge is 0.307 e. The SMILES string of the molecule is Cc1csc(=O)n1CCSc1nccn1-c1cccc(Cl)c1. The average molecular weight is 352 g/mol. The molecule has 0 unspecified atom stereocenters. The van der Waals surface area contributed by atoms with E-state index in [0.29, 0.717) is 11.6 Å². The van der Waals surface area contributed by atoms with E-state index in [1.165, 1.54) is 11.3 Å². The van der Waals surface area contributed by atoms with Crippen LogP contribution in [0.2, 0.25) is 5.02 Å². The van der Waals surface area contributed by atoms with Crippen LogP contribution in [-0.2, 0) is 6.54 Å². The Morgan fingerprint density at radius 1 is 1.41 bits per heavy atom. The van der Waals surface area contributed by atoms with E-state index in [1.54, 1.807) is 22.5 Å². The van der Waals surface area contributed by atoms with E-state index in [9.17, 15) is 4.79 Å². The number of halogens is 1. The van der Waals surface area contributed by atoms with Crippen LogP contribution in [0.1, 0.15) is 5.69 Å². The summed E-state index contributed by atoms with van der Waals surface area (Å²) in [5.74, 6) is 0.787. The van der Waals surface area contributed by atoms with Crippen molar-refractivity contribution < 1.29 is 0 Å². The summed E-state index contributed by atoms with van der Waals surface area (Å²) in [5.41, 5.74) is 1.99. The minimum Gasteiger partial charge on any atom is -0.303 e. The van der Waals surface area contributed by atoms with Crippen LogP contribution >= 0.6 is 34.7 Å². The lowest BCUT2D eigenvalue weighted by molar-refractivity contribution is 0.729. The third kappa shape index (κ3) is 3.29.